The number of carbonyl (C=O) groups excluding carboxylic acids is 1. The van der Waals surface area contributed by atoms with Gasteiger partial charge in [0.2, 0.25) is 0 Å². The number of Topliss-reactive ketones (excluding diaryl/α,β-unsaturated/α-hetero) is 1. The van der Waals surface area contributed by atoms with Crippen LogP contribution < -0.4 is 4.74 Å². The highest BCUT2D eigenvalue weighted by atomic mass is 16.5. The number of ether oxygens (including phenoxy) is 1. The van der Waals surface area contributed by atoms with Gasteiger partial charge in [-0.05, 0) is 70.1 Å². The Morgan fingerprint density at radius 3 is 2.32 bits per heavy atom. The highest BCUT2D eigenvalue weighted by molar-refractivity contribution is 6.00. The lowest BCUT2D eigenvalue weighted by atomic mass is 9.93. The monoisotopic (exact) mass is 339 g/mol. The molecule has 0 aliphatic heterocycles. The van der Waals surface area contributed by atoms with Gasteiger partial charge in [-0.2, -0.15) is 0 Å². The average molecular weight is 339 g/mol. The van der Waals surface area contributed by atoms with Crippen molar-refractivity contribution in [2.75, 3.05) is 27.2 Å². The van der Waals surface area contributed by atoms with E-state index < -0.39 is 0 Å². The topological polar surface area (TPSA) is 29.5 Å². The van der Waals surface area contributed by atoms with Crippen molar-refractivity contribution >= 4 is 5.78 Å². The van der Waals surface area contributed by atoms with E-state index >= 15 is 0 Å². The molecule has 3 nitrogen and oxygen atoms in total. The second kappa shape index (κ2) is 8.82. The fourth-order valence-corrected chi connectivity index (χ4v) is 3.13. The molecule has 0 aliphatic rings. The molecule has 0 spiro atoms. The number of aryl methyl sites for hydroxylation is 3. The first kappa shape index (κ1) is 19.2. The van der Waals surface area contributed by atoms with Crippen LogP contribution in [0.5, 0.6) is 5.75 Å². The third-order valence-electron chi connectivity index (χ3n) is 4.37. The minimum Gasteiger partial charge on any atom is -0.493 e. The van der Waals surface area contributed by atoms with Crippen molar-refractivity contribution in [1.82, 2.24) is 4.90 Å². The average Bonchev–Trinajstić information content (AvgIpc) is 2.55. The Kier molecular flexibility index (Phi) is 6.77. The molecule has 2 rings (SSSR count). The van der Waals surface area contributed by atoms with Gasteiger partial charge in [0.05, 0.1) is 12.2 Å². The summed E-state index contributed by atoms with van der Waals surface area (Å²) in [5, 5.41) is 0. The molecule has 134 valence electrons. The van der Waals surface area contributed by atoms with Crippen LogP contribution in [-0.2, 0) is 6.42 Å². The van der Waals surface area contributed by atoms with Crippen molar-refractivity contribution in [3.8, 4) is 5.75 Å². The number of hydrogen-bond donors (Lipinski definition) is 0. The number of hydrogen-bond acceptors (Lipinski definition) is 3. The smallest absolute Gasteiger partial charge is 0.170 e. The third kappa shape index (κ3) is 5.43. The Balaban J connectivity index is 2.12. The maximum atomic E-state index is 12.9. The zero-order chi connectivity index (χ0) is 18.4. The van der Waals surface area contributed by atoms with Gasteiger partial charge in [0.25, 0.3) is 0 Å². The zero-order valence-corrected chi connectivity index (χ0v) is 16.1. The molecule has 25 heavy (non-hydrogen) atoms. The van der Waals surface area contributed by atoms with Crippen molar-refractivity contribution in [1.29, 1.82) is 0 Å². The molecule has 3 heteroatoms. The quantitative estimate of drug-likeness (QED) is 0.528. The van der Waals surface area contributed by atoms with Crippen LogP contribution in [0.1, 0.15) is 39.0 Å². The van der Waals surface area contributed by atoms with Crippen molar-refractivity contribution in [3.05, 3.63) is 64.2 Å². The lowest BCUT2D eigenvalue weighted by Gasteiger charge is -2.14. The summed E-state index contributed by atoms with van der Waals surface area (Å²) >= 11 is 0. The van der Waals surface area contributed by atoms with Crippen LogP contribution in [0.25, 0.3) is 0 Å². The lowest BCUT2D eigenvalue weighted by Crippen LogP contribution is -2.16. The molecule has 0 aromatic heterocycles. The van der Waals surface area contributed by atoms with Crippen LogP contribution in [0, 0.1) is 20.8 Å². The van der Waals surface area contributed by atoms with Gasteiger partial charge in [0.15, 0.2) is 5.78 Å². The molecule has 0 bridgehead atoms. The van der Waals surface area contributed by atoms with E-state index in [0.29, 0.717) is 24.3 Å². The zero-order valence-electron chi connectivity index (χ0n) is 16.1. The molecule has 0 atom stereocenters. The van der Waals surface area contributed by atoms with Gasteiger partial charge < -0.3 is 9.64 Å². The van der Waals surface area contributed by atoms with Crippen LogP contribution in [0.3, 0.4) is 0 Å². The first-order valence-electron chi connectivity index (χ1n) is 8.85. The summed E-state index contributed by atoms with van der Waals surface area (Å²) in [6.45, 7) is 7.82. The lowest BCUT2D eigenvalue weighted by molar-refractivity contribution is 0.0988. The Labute approximate surface area is 151 Å². The van der Waals surface area contributed by atoms with Gasteiger partial charge in [-0.1, -0.05) is 29.8 Å². The van der Waals surface area contributed by atoms with E-state index in [9.17, 15) is 4.79 Å². The normalized spacial score (nSPS) is 11.0. The first-order valence-corrected chi connectivity index (χ1v) is 8.85. The van der Waals surface area contributed by atoms with E-state index in [1.165, 1.54) is 16.7 Å². The summed E-state index contributed by atoms with van der Waals surface area (Å²) in [5.74, 6) is 0.798. The Bertz CT molecular complexity index is 712. The predicted octanol–water partition coefficient (Wildman–Crippen LogP) is 4.37. The molecule has 0 radical (unpaired) electrons. The van der Waals surface area contributed by atoms with E-state index in [4.69, 9.17) is 4.74 Å². The number of nitrogens with zero attached hydrogens (tertiary/aromatic N) is 1. The predicted molar refractivity (Wildman–Crippen MR) is 104 cm³/mol. The van der Waals surface area contributed by atoms with E-state index in [0.717, 1.165) is 18.5 Å². The van der Waals surface area contributed by atoms with Crippen molar-refractivity contribution in [2.45, 2.75) is 33.6 Å². The van der Waals surface area contributed by atoms with Crippen molar-refractivity contribution in [2.24, 2.45) is 0 Å². The fraction of sp³-hybridized carbons (Fsp3) is 0.409. The Morgan fingerprint density at radius 2 is 1.68 bits per heavy atom. The highest BCUT2D eigenvalue weighted by Gasteiger charge is 2.15. The van der Waals surface area contributed by atoms with Gasteiger partial charge in [-0.3, -0.25) is 4.79 Å². The molecule has 2 aromatic carbocycles. The molecule has 0 amide bonds. The number of ketones is 1. The first-order chi connectivity index (χ1) is 11.9. The number of para-hydroxylation sites is 1. The molecular formula is C22H29NO2. The number of rotatable bonds is 8. The Morgan fingerprint density at radius 1 is 1.04 bits per heavy atom. The molecule has 0 saturated heterocycles. The maximum Gasteiger partial charge on any atom is 0.170 e. The summed E-state index contributed by atoms with van der Waals surface area (Å²) < 4.78 is 5.88. The molecular weight excluding hydrogens is 310 g/mol. The van der Waals surface area contributed by atoms with Crippen LogP contribution >= 0.6 is 0 Å². The molecule has 2 aromatic rings. The van der Waals surface area contributed by atoms with Gasteiger partial charge >= 0.3 is 0 Å². The largest absolute Gasteiger partial charge is 0.493 e. The summed E-state index contributed by atoms with van der Waals surface area (Å²) in [5.41, 5.74) is 5.38. The van der Waals surface area contributed by atoms with Crippen LogP contribution in [0.15, 0.2) is 36.4 Å². The van der Waals surface area contributed by atoms with E-state index in [2.05, 4.69) is 37.8 Å². The molecule has 0 N–H and O–H groups in total. The minimum absolute atomic E-state index is 0.110. The minimum atomic E-state index is 0.110. The second-order valence-corrected chi connectivity index (χ2v) is 6.98. The highest BCUT2D eigenvalue weighted by Crippen LogP contribution is 2.23. The van der Waals surface area contributed by atoms with E-state index in [-0.39, 0.29) is 5.78 Å². The van der Waals surface area contributed by atoms with E-state index in [1.54, 1.807) is 0 Å². The van der Waals surface area contributed by atoms with Gasteiger partial charge in [0.1, 0.15) is 5.75 Å². The summed E-state index contributed by atoms with van der Waals surface area (Å²) in [6, 6.07) is 11.8. The number of benzene rings is 2. The summed E-state index contributed by atoms with van der Waals surface area (Å²) in [7, 11) is 4.09. The van der Waals surface area contributed by atoms with Crippen LogP contribution in [0.2, 0.25) is 0 Å². The SMILES string of the molecule is Cc1cc(C)c(CC(=O)c2ccccc2OCCCN(C)C)c(C)c1. The fourth-order valence-electron chi connectivity index (χ4n) is 3.13. The standard InChI is InChI=1S/C22H29NO2/c1-16-13-17(2)20(18(3)14-16)15-21(24)19-9-6-7-10-22(19)25-12-8-11-23(4)5/h6-7,9-10,13-14H,8,11-12,15H2,1-5H3. The number of carbonyl (C=O) groups is 1. The molecule has 0 aliphatic carbocycles. The van der Waals surface area contributed by atoms with Crippen molar-refractivity contribution < 1.29 is 9.53 Å². The summed E-state index contributed by atoms with van der Waals surface area (Å²) in [4.78, 5) is 15.0. The van der Waals surface area contributed by atoms with Crippen molar-refractivity contribution in [3.63, 3.8) is 0 Å². The van der Waals surface area contributed by atoms with Gasteiger partial charge in [0, 0.05) is 13.0 Å². The van der Waals surface area contributed by atoms with Crippen LogP contribution in [0.4, 0.5) is 0 Å². The third-order valence-corrected chi connectivity index (χ3v) is 4.37. The maximum absolute atomic E-state index is 12.9. The van der Waals surface area contributed by atoms with Crippen LogP contribution in [-0.4, -0.2) is 37.9 Å². The second-order valence-electron chi connectivity index (χ2n) is 6.98. The molecule has 0 fully saturated rings. The summed E-state index contributed by atoms with van der Waals surface area (Å²) in [6.07, 6.45) is 1.35. The molecule has 0 saturated carbocycles. The van der Waals surface area contributed by atoms with E-state index in [1.807, 2.05) is 38.4 Å². The molecule has 0 unspecified atom stereocenters. The Hall–Kier alpha value is -2.13. The molecule has 0 heterocycles. The van der Waals surface area contributed by atoms with Gasteiger partial charge in [-0.25, -0.2) is 0 Å². The van der Waals surface area contributed by atoms with Gasteiger partial charge in [-0.15, -0.1) is 0 Å².